The number of likely N-dealkylation sites (tertiary alicyclic amines) is 1. The fraction of sp³-hybridized carbons (Fsp3) is 1.00. The van der Waals surface area contributed by atoms with Crippen LogP contribution in [0.4, 0.5) is 0 Å². The monoisotopic (exact) mass is 212 g/mol. The first kappa shape index (κ1) is 13.0. The van der Waals surface area contributed by atoms with E-state index in [1.807, 2.05) is 0 Å². The summed E-state index contributed by atoms with van der Waals surface area (Å²) in [5.41, 5.74) is 0. The Balaban J connectivity index is 2.09. The van der Waals surface area contributed by atoms with E-state index >= 15 is 0 Å². The lowest BCUT2D eigenvalue weighted by Gasteiger charge is -2.35. The van der Waals surface area contributed by atoms with Crippen LogP contribution in [0.1, 0.15) is 47.0 Å². The number of hydrogen-bond donors (Lipinski definition) is 1. The Morgan fingerprint density at radius 3 is 2.20 bits per heavy atom. The number of nitrogens with one attached hydrogen (secondary N) is 1. The maximum absolute atomic E-state index is 3.69. The molecule has 1 heterocycles. The Morgan fingerprint density at radius 2 is 1.73 bits per heavy atom. The van der Waals surface area contributed by atoms with Crippen LogP contribution in [0.25, 0.3) is 0 Å². The van der Waals surface area contributed by atoms with E-state index in [-0.39, 0.29) is 0 Å². The molecule has 0 saturated carbocycles. The van der Waals surface area contributed by atoms with Gasteiger partial charge in [-0.25, -0.2) is 0 Å². The molecule has 0 amide bonds. The van der Waals surface area contributed by atoms with Gasteiger partial charge < -0.3 is 10.2 Å². The maximum atomic E-state index is 3.69. The Kier molecular flexibility index (Phi) is 5.62. The number of hydrogen-bond acceptors (Lipinski definition) is 2. The van der Waals surface area contributed by atoms with Gasteiger partial charge in [-0.1, -0.05) is 13.8 Å². The van der Waals surface area contributed by atoms with Gasteiger partial charge in [0.25, 0.3) is 0 Å². The molecular weight excluding hydrogens is 184 g/mol. The van der Waals surface area contributed by atoms with Crippen molar-refractivity contribution in [3.63, 3.8) is 0 Å². The summed E-state index contributed by atoms with van der Waals surface area (Å²) in [6.45, 7) is 12.9. The quantitative estimate of drug-likeness (QED) is 0.753. The molecule has 1 rings (SSSR count). The zero-order valence-corrected chi connectivity index (χ0v) is 10.9. The second kappa shape index (κ2) is 6.49. The molecule has 1 fully saturated rings. The highest BCUT2D eigenvalue weighted by Crippen LogP contribution is 2.13. The van der Waals surface area contributed by atoms with Crippen molar-refractivity contribution in [1.29, 1.82) is 0 Å². The van der Waals surface area contributed by atoms with Crippen LogP contribution in [0, 0.1) is 5.92 Å². The van der Waals surface area contributed by atoms with Crippen molar-refractivity contribution in [3.8, 4) is 0 Å². The average Bonchev–Trinajstić information content (AvgIpc) is 2.18. The third kappa shape index (κ3) is 4.98. The summed E-state index contributed by atoms with van der Waals surface area (Å²) in [5, 5.41) is 3.69. The van der Waals surface area contributed by atoms with Gasteiger partial charge in [-0.05, 0) is 58.7 Å². The average molecular weight is 212 g/mol. The van der Waals surface area contributed by atoms with Gasteiger partial charge in [0.15, 0.2) is 0 Å². The first-order chi connectivity index (χ1) is 7.09. The fourth-order valence-electron chi connectivity index (χ4n) is 2.20. The summed E-state index contributed by atoms with van der Waals surface area (Å²) in [6, 6.07) is 1.50. The molecule has 0 aromatic rings. The van der Waals surface area contributed by atoms with Crippen LogP contribution >= 0.6 is 0 Å². The van der Waals surface area contributed by atoms with Gasteiger partial charge in [-0.3, -0.25) is 0 Å². The molecule has 0 unspecified atom stereocenters. The number of nitrogens with zero attached hydrogens (tertiary/aromatic N) is 1. The minimum atomic E-state index is 0.724. The maximum Gasteiger partial charge on any atom is 0.00914 e. The smallest absolute Gasteiger partial charge is 0.00914 e. The van der Waals surface area contributed by atoms with Crippen LogP contribution in [0.5, 0.6) is 0 Å². The van der Waals surface area contributed by atoms with Crippen molar-refractivity contribution in [2.24, 2.45) is 5.92 Å². The SMILES string of the molecule is CC(C)CCNC1CCN(C(C)C)CC1. The topological polar surface area (TPSA) is 15.3 Å². The largest absolute Gasteiger partial charge is 0.314 e. The van der Waals surface area contributed by atoms with Gasteiger partial charge in [-0.15, -0.1) is 0 Å². The van der Waals surface area contributed by atoms with Crippen molar-refractivity contribution in [2.45, 2.75) is 59.0 Å². The third-order valence-electron chi connectivity index (χ3n) is 3.41. The molecule has 0 radical (unpaired) electrons. The van der Waals surface area contributed by atoms with Crippen molar-refractivity contribution in [3.05, 3.63) is 0 Å². The van der Waals surface area contributed by atoms with Crippen LogP contribution in [-0.4, -0.2) is 36.6 Å². The summed E-state index contributed by atoms with van der Waals surface area (Å²) < 4.78 is 0. The molecule has 2 nitrogen and oxygen atoms in total. The lowest BCUT2D eigenvalue weighted by atomic mass is 10.0. The van der Waals surface area contributed by atoms with Gasteiger partial charge in [-0.2, -0.15) is 0 Å². The van der Waals surface area contributed by atoms with Crippen LogP contribution in [-0.2, 0) is 0 Å². The van der Waals surface area contributed by atoms with Gasteiger partial charge in [0.2, 0.25) is 0 Å². The summed E-state index contributed by atoms with van der Waals surface area (Å²) in [4.78, 5) is 2.58. The molecule has 0 atom stereocenters. The summed E-state index contributed by atoms with van der Waals surface area (Å²) in [6.07, 6.45) is 3.97. The Bertz CT molecular complexity index is 155. The highest BCUT2D eigenvalue weighted by Gasteiger charge is 2.19. The Hall–Kier alpha value is -0.0800. The van der Waals surface area contributed by atoms with Crippen molar-refractivity contribution in [1.82, 2.24) is 10.2 Å². The highest BCUT2D eigenvalue weighted by atomic mass is 15.2. The Labute approximate surface area is 95.4 Å². The first-order valence-electron chi connectivity index (χ1n) is 6.57. The molecule has 0 aromatic heterocycles. The van der Waals surface area contributed by atoms with E-state index in [1.54, 1.807) is 0 Å². The van der Waals surface area contributed by atoms with Gasteiger partial charge in [0.1, 0.15) is 0 Å². The van der Waals surface area contributed by atoms with Gasteiger partial charge in [0, 0.05) is 12.1 Å². The van der Waals surface area contributed by atoms with Crippen LogP contribution < -0.4 is 5.32 Å². The van der Waals surface area contributed by atoms with E-state index in [1.165, 1.54) is 38.9 Å². The fourth-order valence-corrected chi connectivity index (χ4v) is 2.20. The predicted octanol–water partition coefficient (Wildman–Crippen LogP) is 2.49. The van der Waals surface area contributed by atoms with E-state index in [0.717, 1.165) is 18.0 Å². The molecular formula is C13H28N2. The van der Waals surface area contributed by atoms with Crippen LogP contribution in [0.2, 0.25) is 0 Å². The first-order valence-corrected chi connectivity index (χ1v) is 6.57. The van der Waals surface area contributed by atoms with Gasteiger partial charge in [0.05, 0.1) is 0 Å². The minimum absolute atomic E-state index is 0.724. The summed E-state index contributed by atoms with van der Waals surface area (Å²) >= 11 is 0. The standard InChI is InChI=1S/C13H28N2/c1-11(2)5-8-14-13-6-9-15(10-7-13)12(3)4/h11-14H,5-10H2,1-4H3. The van der Waals surface area contributed by atoms with E-state index in [9.17, 15) is 0 Å². The molecule has 1 N–H and O–H groups in total. The zero-order valence-electron chi connectivity index (χ0n) is 10.9. The second-order valence-electron chi connectivity index (χ2n) is 5.54. The molecule has 15 heavy (non-hydrogen) atoms. The second-order valence-corrected chi connectivity index (χ2v) is 5.54. The number of piperidine rings is 1. The lowest BCUT2D eigenvalue weighted by Crippen LogP contribution is -2.45. The molecule has 1 aliphatic rings. The highest BCUT2D eigenvalue weighted by molar-refractivity contribution is 4.78. The van der Waals surface area contributed by atoms with Crippen molar-refractivity contribution < 1.29 is 0 Å². The molecule has 2 heteroatoms. The molecule has 0 spiro atoms. The van der Waals surface area contributed by atoms with Crippen molar-refractivity contribution in [2.75, 3.05) is 19.6 Å². The van der Waals surface area contributed by atoms with E-state index in [2.05, 4.69) is 37.9 Å². The normalized spacial score (nSPS) is 20.4. The molecule has 1 aliphatic heterocycles. The van der Waals surface area contributed by atoms with Crippen molar-refractivity contribution >= 4 is 0 Å². The van der Waals surface area contributed by atoms with E-state index in [4.69, 9.17) is 0 Å². The summed E-state index contributed by atoms with van der Waals surface area (Å²) in [7, 11) is 0. The molecule has 0 aromatic carbocycles. The van der Waals surface area contributed by atoms with E-state index in [0.29, 0.717) is 0 Å². The zero-order chi connectivity index (χ0) is 11.3. The molecule has 90 valence electrons. The van der Waals surface area contributed by atoms with Crippen LogP contribution in [0.15, 0.2) is 0 Å². The van der Waals surface area contributed by atoms with Gasteiger partial charge >= 0.3 is 0 Å². The minimum Gasteiger partial charge on any atom is -0.314 e. The van der Waals surface area contributed by atoms with E-state index < -0.39 is 0 Å². The molecule has 1 saturated heterocycles. The molecule has 0 aliphatic carbocycles. The number of rotatable bonds is 5. The summed E-state index contributed by atoms with van der Waals surface area (Å²) in [5.74, 6) is 0.827. The predicted molar refractivity (Wildman–Crippen MR) is 67.2 cm³/mol. The molecule has 0 bridgehead atoms. The Morgan fingerprint density at radius 1 is 1.13 bits per heavy atom. The third-order valence-corrected chi connectivity index (χ3v) is 3.41. The lowest BCUT2D eigenvalue weighted by molar-refractivity contribution is 0.161. The van der Waals surface area contributed by atoms with Crippen LogP contribution in [0.3, 0.4) is 0 Å².